The zero-order valence-electron chi connectivity index (χ0n) is 11.3. The van der Waals surface area contributed by atoms with Crippen LogP contribution in [0.3, 0.4) is 0 Å². The van der Waals surface area contributed by atoms with Crippen LogP contribution in [0.4, 0.5) is 11.4 Å². The molecule has 3 aromatic rings. The molecular formula is C14H11N5O3. The molecule has 0 radical (unpaired) electrons. The van der Waals surface area contributed by atoms with Crippen LogP contribution in [0.2, 0.25) is 0 Å². The molecule has 2 aromatic heterocycles. The summed E-state index contributed by atoms with van der Waals surface area (Å²) >= 11 is 0. The van der Waals surface area contributed by atoms with Crippen molar-refractivity contribution in [1.82, 2.24) is 15.2 Å². The summed E-state index contributed by atoms with van der Waals surface area (Å²) in [5, 5.41) is 17.3. The van der Waals surface area contributed by atoms with E-state index >= 15 is 0 Å². The predicted octanol–water partition coefficient (Wildman–Crippen LogP) is 2.75. The fourth-order valence-corrected chi connectivity index (χ4v) is 1.92. The van der Waals surface area contributed by atoms with E-state index in [4.69, 9.17) is 10.5 Å². The summed E-state index contributed by atoms with van der Waals surface area (Å²) in [6, 6.07) is 7.63. The van der Waals surface area contributed by atoms with E-state index in [1.807, 2.05) is 0 Å². The van der Waals surface area contributed by atoms with Gasteiger partial charge < -0.3 is 10.5 Å². The van der Waals surface area contributed by atoms with Gasteiger partial charge in [0, 0.05) is 36.2 Å². The molecule has 110 valence electrons. The summed E-state index contributed by atoms with van der Waals surface area (Å²) in [5.41, 5.74) is 7.06. The Morgan fingerprint density at radius 3 is 2.73 bits per heavy atom. The van der Waals surface area contributed by atoms with Gasteiger partial charge in [-0.3, -0.25) is 20.2 Å². The number of aromatic amines is 1. The van der Waals surface area contributed by atoms with Crippen LogP contribution in [0.15, 0.2) is 48.9 Å². The van der Waals surface area contributed by atoms with Crippen LogP contribution < -0.4 is 10.5 Å². The highest BCUT2D eigenvalue weighted by molar-refractivity contribution is 5.62. The minimum atomic E-state index is -0.539. The number of hydrogen-bond donors (Lipinski definition) is 2. The fourth-order valence-electron chi connectivity index (χ4n) is 1.92. The first kappa shape index (κ1) is 13.6. The van der Waals surface area contributed by atoms with Gasteiger partial charge in [0.2, 0.25) is 0 Å². The van der Waals surface area contributed by atoms with Gasteiger partial charge in [0.15, 0.2) is 0 Å². The van der Waals surface area contributed by atoms with Crippen LogP contribution in [-0.2, 0) is 0 Å². The van der Waals surface area contributed by atoms with Gasteiger partial charge in [0.1, 0.15) is 17.2 Å². The van der Waals surface area contributed by atoms with E-state index in [1.165, 1.54) is 18.2 Å². The Balaban J connectivity index is 1.86. The van der Waals surface area contributed by atoms with E-state index in [1.54, 1.807) is 30.7 Å². The second-order valence-corrected chi connectivity index (χ2v) is 4.44. The van der Waals surface area contributed by atoms with Crippen molar-refractivity contribution in [2.24, 2.45) is 0 Å². The maximum Gasteiger partial charge on any atom is 0.292 e. The minimum Gasteiger partial charge on any atom is -0.457 e. The number of nitro groups is 1. The number of benzene rings is 1. The molecule has 0 aliphatic heterocycles. The first-order valence-corrected chi connectivity index (χ1v) is 6.30. The zero-order chi connectivity index (χ0) is 15.5. The second-order valence-electron chi connectivity index (χ2n) is 4.44. The molecule has 0 saturated carbocycles. The summed E-state index contributed by atoms with van der Waals surface area (Å²) in [5.74, 6) is 0.951. The Bertz CT molecular complexity index is 817. The number of nitrogen functional groups attached to an aromatic ring is 1. The topological polar surface area (TPSA) is 120 Å². The molecule has 3 N–H and O–H groups in total. The van der Waals surface area contributed by atoms with Gasteiger partial charge in [0.25, 0.3) is 5.69 Å². The molecule has 0 aliphatic carbocycles. The van der Waals surface area contributed by atoms with E-state index < -0.39 is 4.92 Å². The Hall–Kier alpha value is -3.42. The molecule has 2 heterocycles. The van der Waals surface area contributed by atoms with Crippen molar-refractivity contribution < 1.29 is 9.66 Å². The lowest BCUT2D eigenvalue weighted by atomic mass is 10.2. The highest BCUT2D eigenvalue weighted by Gasteiger charge is 2.12. The number of nitrogens with one attached hydrogen (secondary N) is 1. The average molecular weight is 297 g/mol. The summed E-state index contributed by atoms with van der Waals surface area (Å²) < 4.78 is 5.66. The molecule has 0 unspecified atom stereocenters. The number of nitrogens with zero attached hydrogens (tertiary/aromatic N) is 3. The third kappa shape index (κ3) is 2.70. The molecule has 3 rings (SSSR count). The molecule has 0 fully saturated rings. The van der Waals surface area contributed by atoms with Crippen LogP contribution in [0.1, 0.15) is 0 Å². The number of ether oxygens (including phenoxy) is 1. The number of rotatable bonds is 4. The number of aromatic nitrogens is 3. The third-order valence-corrected chi connectivity index (χ3v) is 2.96. The lowest BCUT2D eigenvalue weighted by Gasteiger charge is -2.07. The van der Waals surface area contributed by atoms with Crippen molar-refractivity contribution in [1.29, 1.82) is 0 Å². The summed E-state index contributed by atoms with van der Waals surface area (Å²) in [6.45, 7) is 0. The predicted molar refractivity (Wildman–Crippen MR) is 79.4 cm³/mol. The van der Waals surface area contributed by atoms with Gasteiger partial charge in [-0.2, -0.15) is 5.10 Å². The minimum absolute atomic E-state index is 0.0478. The summed E-state index contributed by atoms with van der Waals surface area (Å²) in [6.07, 6.45) is 4.97. The molecule has 0 spiro atoms. The monoisotopic (exact) mass is 297 g/mol. The SMILES string of the molecule is Nc1cc(Oc2ccnc(-c3cn[nH]c3)c2)ccc1[N+](=O)[O-]. The molecule has 0 bridgehead atoms. The summed E-state index contributed by atoms with van der Waals surface area (Å²) in [4.78, 5) is 14.4. The smallest absolute Gasteiger partial charge is 0.292 e. The highest BCUT2D eigenvalue weighted by atomic mass is 16.6. The van der Waals surface area contributed by atoms with Gasteiger partial charge in [-0.15, -0.1) is 0 Å². The highest BCUT2D eigenvalue weighted by Crippen LogP contribution is 2.30. The van der Waals surface area contributed by atoms with E-state index in [0.717, 1.165) is 5.56 Å². The second kappa shape index (κ2) is 5.52. The van der Waals surface area contributed by atoms with Gasteiger partial charge >= 0.3 is 0 Å². The average Bonchev–Trinajstić information content (AvgIpc) is 3.01. The van der Waals surface area contributed by atoms with Crippen molar-refractivity contribution in [2.75, 3.05) is 5.73 Å². The Morgan fingerprint density at radius 2 is 2.05 bits per heavy atom. The lowest BCUT2D eigenvalue weighted by molar-refractivity contribution is -0.383. The van der Waals surface area contributed by atoms with Crippen molar-refractivity contribution >= 4 is 11.4 Å². The van der Waals surface area contributed by atoms with Crippen LogP contribution >= 0.6 is 0 Å². The molecule has 8 nitrogen and oxygen atoms in total. The molecule has 0 saturated heterocycles. The first-order valence-electron chi connectivity index (χ1n) is 6.30. The Labute approximate surface area is 124 Å². The molecule has 0 amide bonds. The quantitative estimate of drug-likeness (QED) is 0.434. The van der Waals surface area contributed by atoms with Crippen molar-refractivity contribution in [3.8, 4) is 22.8 Å². The van der Waals surface area contributed by atoms with Gasteiger partial charge in [-0.1, -0.05) is 0 Å². The number of anilines is 1. The van der Waals surface area contributed by atoms with Crippen molar-refractivity contribution in [3.05, 3.63) is 59.0 Å². The van der Waals surface area contributed by atoms with Crippen molar-refractivity contribution in [3.63, 3.8) is 0 Å². The summed E-state index contributed by atoms with van der Waals surface area (Å²) in [7, 11) is 0. The van der Waals surface area contributed by atoms with Gasteiger partial charge in [-0.25, -0.2) is 0 Å². The van der Waals surface area contributed by atoms with E-state index in [-0.39, 0.29) is 11.4 Å². The van der Waals surface area contributed by atoms with Crippen LogP contribution in [0.5, 0.6) is 11.5 Å². The first-order chi connectivity index (χ1) is 10.6. The normalized spacial score (nSPS) is 10.4. The number of hydrogen-bond acceptors (Lipinski definition) is 6. The number of nitro benzene ring substituents is 1. The molecule has 8 heteroatoms. The number of nitrogens with two attached hydrogens (primary N) is 1. The van der Waals surface area contributed by atoms with Crippen LogP contribution in [0, 0.1) is 10.1 Å². The third-order valence-electron chi connectivity index (χ3n) is 2.96. The molecular weight excluding hydrogens is 286 g/mol. The maximum atomic E-state index is 10.7. The van der Waals surface area contributed by atoms with E-state index in [9.17, 15) is 10.1 Å². The van der Waals surface area contributed by atoms with E-state index in [2.05, 4.69) is 15.2 Å². The van der Waals surface area contributed by atoms with E-state index in [0.29, 0.717) is 17.2 Å². The molecule has 0 atom stereocenters. The number of H-pyrrole nitrogens is 1. The molecule has 22 heavy (non-hydrogen) atoms. The zero-order valence-corrected chi connectivity index (χ0v) is 11.3. The maximum absolute atomic E-state index is 10.7. The Morgan fingerprint density at radius 1 is 1.23 bits per heavy atom. The van der Waals surface area contributed by atoms with Crippen LogP contribution in [0.25, 0.3) is 11.3 Å². The fraction of sp³-hybridized carbons (Fsp3) is 0. The standard InChI is InChI=1S/C14H11N5O3/c15-12-5-10(1-2-14(12)19(20)21)22-11-3-4-16-13(6-11)9-7-17-18-8-9/h1-8H,15H2,(H,17,18). The van der Waals surface area contributed by atoms with Crippen molar-refractivity contribution in [2.45, 2.75) is 0 Å². The Kier molecular flexibility index (Phi) is 3.40. The lowest BCUT2D eigenvalue weighted by Crippen LogP contribution is -1.96. The van der Waals surface area contributed by atoms with Crippen LogP contribution in [-0.4, -0.2) is 20.1 Å². The molecule has 0 aliphatic rings. The van der Waals surface area contributed by atoms with Gasteiger partial charge in [0.05, 0.1) is 16.8 Å². The largest absolute Gasteiger partial charge is 0.457 e. The molecule has 1 aromatic carbocycles. The van der Waals surface area contributed by atoms with Gasteiger partial charge in [-0.05, 0) is 12.1 Å². The number of pyridine rings is 1.